The number of carbonyl (C=O) groups is 1. The van der Waals surface area contributed by atoms with Gasteiger partial charge in [0.15, 0.2) is 0 Å². The van der Waals surface area contributed by atoms with Crippen molar-refractivity contribution in [1.82, 2.24) is 9.47 Å². The van der Waals surface area contributed by atoms with Crippen LogP contribution in [0.4, 0.5) is 0 Å². The van der Waals surface area contributed by atoms with Gasteiger partial charge in [-0.3, -0.25) is 4.79 Å². The van der Waals surface area contributed by atoms with Gasteiger partial charge in [0, 0.05) is 31.0 Å². The van der Waals surface area contributed by atoms with Crippen molar-refractivity contribution in [1.29, 1.82) is 0 Å². The normalized spacial score (nSPS) is 18.8. The van der Waals surface area contributed by atoms with E-state index in [4.69, 9.17) is 4.74 Å². The number of ether oxygens (including phenoxy) is 1. The molecular formula is C17H20N2O2. The summed E-state index contributed by atoms with van der Waals surface area (Å²) in [5.41, 5.74) is 2.95. The summed E-state index contributed by atoms with van der Waals surface area (Å²) in [5, 5.41) is 0. The van der Waals surface area contributed by atoms with Gasteiger partial charge in [-0.2, -0.15) is 0 Å². The Hall–Kier alpha value is -2.07. The second-order valence-electron chi connectivity index (χ2n) is 5.50. The minimum absolute atomic E-state index is 0.0215. The van der Waals surface area contributed by atoms with Gasteiger partial charge in [0.05, 0.1) is 19.3 Å². The third kappa shape index (κ3) is 2.72. The van der Waals surface area contributed by atoms with Gasteiger partial charge in [0.2, 0.25) is 0 Å². The molecule has 0 bridgehead atoms. The quantitative estimate of drug-likeness (QED) is 0.849. The Morgan fingerprint density at radius 2 is 2.14 bits per heavy atom. The Morgan fingerprint density at radius 3 is 2.86 bits per heavy atom. The van der Waals surface area contributed by atoms with E-state index in [0.717, 1.165) is 16.8 Å². The van der Waals surface area contributed by atoms with Gasteiger partial charge < -0.3 is 14.2 Å². The highest BCUT2D eigenvalue weighted by atomic mass is 16.5. The predicted molar refractivity (Wildman–Crippen MR) is 81.2 cm³/mol. The zero-order chi connectivity index (χ0) is 14.8. The highest BCUT2D eigenvalue weighted by Gasteiger charge is 2.30. The van der Waals surface area contributed by atoms with Crippen molar-refractivity contribution in [2.75, 3.05) is 19.8 Å². The molecule has 110 valence electrons. The molecule has 4 heteroatoms. The molecule has 1 aliphatic heterocycles. The van der Waals surface area contributed by atoms with Crippen molar-refractivity contribution < 1.29 is 9.53 Å². The van der Waals surface area contributed by atoms with E-state index in [-0.39, 0.29) is 11.9 Å². The van der Waals surface area contributed by atoms with Crippen LogP contribution in [0, 0.1) is 6.92 Å². The summed E-state index contributed by atoms with van der Waals surface area (Å²) in [7, 11) is 2.00. The Balaban J connectivity index is 1.91. The molecular weight excluding hydrogens is 264 g/mol. The van der Waals surface area contributed by atoms with Crippen LogP contribution in [0.5, 0.6) is 0 Å². The van der Waals surface area contributed by atoms with E-state index in [2.05, 4.69) is 10.6 Å². The Kier molecular flexibility index (Phi) is 3.80. The van der Waals surface area contributed by atoms with Crippen molar-refractivity contribution in [2.45, 2.75) is 13.0 Å². The lowest BCUT2D eigenvalue weighted by Crippen LogP contribution is -2.44. The Labute approximate surface area is 124 Å². The molecule has 0 saturated carbocycles. The van der Waals surface area contributed by atoms with Gasteiger partial charge in [-0.05, 0) is 31.2 Å². The number of nitrogens with zero attached hydrogens (tertiary/aromatic N) is 2. The maximum atomic E-state index is 12.8. The lowest BCUT2D eigenvalue weighted by Gasteiger charge is -2.36. The number of rotatable bonds is 2. The lowest BCUT2D eigenvalue weighted by molar-refractivity contribution is -0.00463. The molecule has 0 aliphatic carbocycles. The van der Waals surface area contributed by atoms with Gasteiger partial charge in [-0.15, -0.1) is 0 Å². The molecule has 1 aromatic heterocycles. The van der Waals surface area contributed by atoms with E-state index in [1.807, 2.05) is 55.4 Å². The van der Waals surface area contributed by atoms with Crippen molar-refractivity contribution in [3.63, 3.8) is 0 Å². The first-order valence-corrected chi connectivity index (χ1v) is 7.23. The maximum absolute atomic E-state index is 12.8. The summed E-state index contributed by atoms with van der Waals surface area (Å²) < 4.78 is 7.65. The zero-order valence-electron chi connectivity index (χ0n) is 12.5. The lowest BCUT2D eigenvalue weighted by atomic mass is 10.1. The van der Waals surface area contributed by atoms with E-state index >= 15 is 0 Å². The summed E-state index contributed by atoms with van der Waals surface area (Å²) in [6.45, 7) is 3.78. The fourth-order valence-corrected chi connectivity index (χ4v) is 2.86. The summed E-state index contributed by atoms with van der Waals surface area (Å²) in [4.78, 5) is 14.8. The van der Waals surface area contributed by atoms with Crippen molar-refractivity contribution in [3.05, 3.63) is 59.4 Å². The van der Waals surface area contributed by atoms with Crippen LogP contribution in [0.15, 0.2) is 42.6 Å². The molecule has 1 atom stereocenters. The number of aromatic nitrogens is 1. The molecule has 0 N–H and O–H groups in total. The third-order valence-corrected chi connectivity index (χ3v) is 3.98. The molecule has 0 radical (unpaired) electrons. The molecule has 0 spiro atoms. The van der Waals surface area contributed by atoms with Crippen LogP contribution in [0.3, 0.4) is 0 Å². The van der Waals surface area contributed by atoms with Crippen LogP contribution in [0.2, 0.25) is 0 Å². The van der Waals surface area contributed by atoms with Crippen molar-refractivity contribution in [3.8, 4) is 0 Å². The molecule has 3 rings (SSSR count). The molecule has 1 saturated heterocycles. The first-order valence-electron chi connectivity index (χ1n) is 7.23. The van der Waals surface area contributed by atoms with E-state index < -0.39 is 0 Å². The second-order valence-corrected chi connectivity index (χ2v) is 5.50. The first-order chi connectivity index (χ1) is 10.2. The van der Waals surface area contributed by atoms with Gasteiger partial charge in [-0.25, -0.2) is 0 Å². The number of morpholine rings is 1. The predicted octanol–water partition coefficient (Wildman–Crippen LogP) is 2.55. The zero-order valence-corrected chi connectivity index (χ0v) is 12.5. The molecule has 1 aliphatic rings. The molecule has 1 aromatic carbocycles. The van der Waals surface area contributed by atoms with Crippen LogP contribution >= 0.6 is 0 Å². The number of carbonyl (C=O) groups excluding carboxylic acids is 1. The van der Waals surface area contributed by atoms with Crippen LogP contribution in [0.25, 0.3) is 0 Å². The minimum atomic E-state index is -0.0215. The second kappa shape index (κ2) is 5.74. The minimum Gasteiger partial charge on any atom is -0.377 e. The summed E-state index contributed by atoms with van der Waals surface area (Å²) in [5.74, 6) is 0.0770. The third-order valence-electron chi connectivity index (χ3n) is 3.98. The topological polar surface area (TPSA) is 34.5 Å². The standard InChI is InChI=1S/C17H20N2O2/c1-13-5-3-6-14(11-13)17(20)19-9-10-21-12-16(19)15-7-4-8-18(15)2/h3-8,11,16H,9-10,12H2,1-2H3/t16-/m1/s1. The number of hydrogen-bond donors (Lipinski definition) is 0. The van der Waals surface area contributed by atoms with Crippen LogP contribution in [-0.2, 0) is 11.8 Å². The Morgan fingerprint density at radius 1 is 1.29 bits per heavy atom. The molecule has 2 aromatic rings. The van der Waals surface area contributed by atoms with E-state index in [1.165, 1.54) is 0 Å². The fourth-order valence-electron chi connectivity index (χ4n) is 2.86. The number of amides is 1. The number of benzene rings is 1. The monoisotopic (exact) mass is 284 g/mol. The fraction of sp³-hybridized carbons (Fsp3) is 0.353. The Bertz CT molecular complexity index is 648. The molecule has 0 unspecified atom stereocenters. The molecule has 21 heavy (non-hydrogen) atoms. The number of aryl methyl sites for hydroxylation is 2. The molecule has 1 amide bonds. The SMILES string of the molecule is Cc1cccc(C(=O)N2CCOC[C@@H]2c2cccn2C)c1. The number of hydrogen-bond acceptors (Lipinski definition) is 2. The highest BCUT2D eigenvalue weighted by Crippen LogP contribution is 2.26. The van der Waals surface area contributed by atoms with Crippen molar-refractivity contribution >= 4 is 5.91 Å². The summed E-state index contributed by atoms with van der Waals surface area (Å²) in [6, 6.07) is 11.8. The largest absolute Gasteiger partial charge is 0.377 e. The van der Waals surface area contributed by atoms with Crippen molar-refractivity contribution in [2.24, 2.45) is 7.05 Å². The van der Waals surface area contributed by atoms with Gasteiger partial charge in [0.1, 0.15) is 0 Å². The molecule has 2 heterocycles. The molecule has 1 fully saturated rings. The van der Waals surface area contributed by atoms with Crippen LogP contribution < -0.4 is 0 Å². The highest BCUT2D eigenvalue weighted by molar-refractivity contribution is 5.94. The smallest absolute Gasteiger partial charge is 0.254 e. The first kappa shape index (κ1) is 13.9. The summed E-state index contributed by atoms with van der Waals surface area (Å²) in [6.07, 6.45) is 2.00. The average Bonchev–Trinajstić information content (AvgIpc) is 2.92. The van der Waals surface area contributed by atoms with Crippen LogP contribution in [-0.4, -0.2) is 35.1 Å². The van der Waals surface area contributed by atoms with E-state index in [9.17, 15) is 4.79 Å². The van der Waals surface area contributed by atoms with Crippen LogP contribution in [0.1, 0.15) is 27.7 Å². The summed E-state index contributed by atoms with van der Waals surface area (Å²) >= 11 is 0. The van der Waals surface area contributed by atoms with E-state index in [0.29, 0.717) is 19.8 Å². The van der Waals surface area contributed by atoms with Gasteiger partial charge in [-0.1, -0.05) is 17.7 Å². The maximum Gasteiger partial charge on any atom is 0.254 e. The van der Waals surface area contributed by atoms with E-state index in [1.54, 1.807) is 0 Å². The van der Waals surface area contributed by atoms with Gasteiger partial charge in [0.25, 0.3) is 5.91 Å². The van der Waals surface area contributed by atoms with Gasteiger partial charge >= 0.3 is 0 Å². The average molecular weight is 284 g/mol. The molecule has 4 nitrogen and oxygen atoms in total.